The Hall–Kier alpha value is -1.08. The summed E-state index contributed by atoms with van der Waals surface area (Å²) in [6.45, 7) is 0. The van der Waals surface area contributed by atoms with E-state index in [2.05, 4.69) is 83.1 Å². The van der Waals surface area contributed by atoms with E-state index in [1.54, 1.807) is 0 Å². The van der Waals surface area contributed by atoms with E-state index in [4.69, 9.17) is 0 Å². The van der Waals surface area contributed by atoms with Crippen LogP contribution in [-0.2, 0) is 6.42 Å². The van der Waals surface area contributed by atoms with Crippen LogP contribution in [0, 0.1) is 11.8 Å². The molecule has 1 nitrogen and oxygen atoms in total. The summed E-state index contributed by atoms with van der Waals surface area (Å²) in [5.41, 5.74) is 1.35. The smallest absolute Gasteiger partial charge is 0.0727 e. The van der Waals surface area contributed by atoms with Crippen LogP contribution in [0.2, 0.25) is 0 Å². The third-order valence-electron chi connectivity index (χ3n) is 4.28. The molecule has 0 spiro atoms. The lowest BCUT2D eigenvalue weighted by atomic mass is 10.0. The molecule has 3 heteroatoms. The molecule has 0 aliphatic carbocycles. The molecule has 1 unspecified atom stereocenters. The Labute approximate surface area is 154 Å². The minimum Gasteiger partial charge on any atom is -0.306 e. The van der Waals surface area contributed by atoms with Gasteiger partial charge in [0.2, 0.25) is 0 Å². The molecule has 1 aliphatic rings. The number of hydrogen-bond acceptors (Lipinski definition) is 3. The van der Waals surface area contributed by atoms with Crippen molar-refractivity contribution >= 4 is 34.3 Å². The molecule has 2 aromatic rings. The Balaban J connectivity index is 1.54. The largest absolute Gasteiger partial charge is 0.306 e. The topological polar surface area (TPSA) is 12.0 Å². The highest BCUT2D eigenvalue weighted by Gasteiger charge is 2.13. The van der Waals surface area contributed by atoms with Gasteiger partial charge in [-0.25, -0.2) is 0 Å². The van der Waals surface area contributed by atoms with Crippen molar-refractivity contribution in [2.45, 2.75) is 36.3 Å². The molecular formula is C21H25NS2. The quantitative estimate of drug-likeness (QED) is 0.762. The van der Waals surface area contributed by atoms with Crippen LogP contribution in [0.5, 0.6) is 0 Å². The lowest BCUT2D eigenvalue weighted by Gasteiger charge is -2.19. The van der Waals surface area contributed by atoms with Gasteiger partial charge in [0.05, 0.1) is 10.6 Å². The second kappa shape index (κ2) is 9.42. The summed E-state index contributed by atoms with van der Waals surface area (Å²) in [6.07, 6.45) is 4.56. The summed E-state index contributed by atoms with van der Waals surface area (Å²) in [5, 5.41) is 5.96. The van der Waals surface area contributed by atoms with Crippen LogP contribution in [0.15, 0.2) is 42.5 Å². The van der Waals surface area contributed by atoms with Gasteiger partial charge >= 0.3 is 0 Å². The first kappa shape index (κ1) is 17.7. The van der Waals surface area contributed by atoms with Gasteiger partial charge < -0.3 is 5.32 Å². The summed E-state index contributed by atoms with van der Waals surface area (Å²) in [6, 6.07) is 15.5. The molecule has 0 saturated carbocycles. The normalized spacial score (nSPS) is 16.5. The van der Waals surface area contributed by atoms with Gasteiger partial charge in [0.15, 0.2) is 0 Å². The van der Waals surface area contributed by atoms with Crippen molar-refractivity contribution in [1.82, 2.24) is 5.32 Å². The minimum absolute atomic E-state index is 0.234. The molecule has 1 N–H and O–H groups in total. The number of thioether (sulfide) groups is 2. The van der Waals surface area contributed by atoms with Gasteiger partial charge in [0.25, 0.3) is 0 Å². The zero-order chi connectivity index (χ0) is 16.6. The third-order valence-corrected chi connectivity index (χ3v) is 7.36. The van der Waals surface area contributed by atoms with Crippen molar-refractivity contribution in [3.63, 3.8) is 0 Å². The van der Waals surface area contributed by atoms with Crippen LogP contribution in [0.3, 0.4) is 0 Å². The molecule has 1 saturated heterocycles. The summed E-state index contributed by atoms with van der Waals surface area (Å²) < 4.78 is 0.765. The number of likely N-dealkylation sites (N-methyl/N-ethyl adjacent to an activating group) is 1. The molecule has 0 bridgehead atoms. The first-order chi connectivity index (χ1) is 11.8. The van der Waals surface area contributed by atoms with E-state index in [-0.39, 0.29) is 6.04 Å². The molecule has 3 rings (SSSR count). The van der Waals surface area contributed by atoms with E-state index in [1.807, 2.05) is 7.05 Å². The van der Waals surface area contributed by atoms with Crippen molar-refractivity contribution in [1.29, 1.82) is 0 Å². The maximum absolute atomic E-state index is 3.43. The molecule has 0 radical (unpaired) electrons. The Morgan fingerprint density at radius 3 is 2.71 bits per heavy atom. The predicted molar refractivity (Wildman–Crippen MR) is 111 cm³/mol. The number of nitrogens with one attached hydrogen (secondary N) is 1. The lowest BCUT2D eigenvalue weighted by Crippen LogP contribution is -2.25. The first-order valence-corrected chi connectivity index (χ1v) is 10.8. The number of hydrogen-bond donors (Lipinski definition) is 1. The Kier molecular flexibility index (Phi) is 6.96. The summed E-state index contributed by atoms with van der Waals surface area (Å²) in [5.74, 6) is 9.48. The molecule has 126 valence electrons. The van der Waals surface area contributed by atoms with Crippen molar-refractivity contribution in [2.24, 2.45) is 0 Å². The molecule has 1 atom stereocenters. The maximum Gasteiger partial charge on any atom is 0.0727 e. The zero-order valence-electron chi connectivity index (χ0n) is 14.3. The zero-order valence-corrected chi connectivity index (χ0v) is 15.9. The van der Waals surface area contributed by atoms with E-state index < -0.39 is 0 Å². The molecule has 1 fully saturated rings. The highest BCUT2D eigenvalue weighted by atomic mass is 32.2. The second-order valence-electron chi connectivity index (χ2n) is 6.11. The van der Waals surface area contributed by atoms with E-state index in [9.17, 15) is 0 Å². The average molecular weight is 356 g/mol. The van der Waals surface area contributed by atoms with Crippen molar-refractivity contribution in [2.75, 3.05) is 18.6 Å². The fourth-order valence-corrected chi connectivity index (χ4v) is 5.78. The molecule has 2 aromatic carbocycles. The van der Waals surface area contributed by atoms with Crippen LogP contribution in [0.4, 0.5) is 0 Å². The van der Waals surface area contributed by atoms with Crippen molar-refractivity contribution in [3.05, 3.63) is 48.0 Å². The molecule has 1 heterocycles. The Morgan fingerprint density at radius 2 is 1.92 bits per heavy atom. The monoisotopic (exact) mass is 355 g/mol. The van der Waals surface area contributed by atoms with E-state index >= 15 is 0 Å². The van der Waals surface area contributed by atoms with Gasteiger partial charge in [-0.05, 0) is 54.2 Å². The van der Waals surface area contributed by atoms with Crippen LogP contribution in [0.1, 0.15) is 24.8 Å². The summed E-state index contributed by atoms with van der Waals surface area (Å²) >= 11 is 4.22. The number of fused-ring (bicyclic) bond motifs is 1. The third kappa shape index (κ3) is 5.21. The van der Waals surface area contributed by atoms with Gasteiger partial charge in [-0.3, -0.25) is 0 Å². The lowest BCUT2D eigenvalue weighted by molar-refractivity contribution is 0.682. The van der Waals surface area contributed by atoms with E-state index in [0.29, 0.717) is 0 Å². The van der Waals surface area contributed by atoms with Crippen molar-refractivity contribution < 1.29 is 0 Å². The van der Waals surface area contributed by atoms with Crippen LogP contribution in [-0.4, -0.2) is 29.2 Å². The number of rotatable bonds is 5. The number of benzene rings is 2. The molecular weight excluding hydrogens is 330 g/mol. The van der Waals surface area contributed by atoms with Gasteiger partial charge in [0.1, 0.15) is 0 Å². The molecule has 0 aromatic heterocycles. The Bertz CT molecular complexity index is 710. The van der Waals surface area contributed by atoms with Crippen molar-refractivity contribution in [3.8, 4) is 11.8 Å². The van der Waals surface area contributed by atoms with Gasteiger partial charge in [-0.2, -0.15) is 0 Å². The molecule has 0 amide bonds. The predicted octanol–water partition coefficient (Wildman–Crippen LogP) is 4.95. The SMILES string of the molecule is CNC(C#CCCC1SCCCS1)Cc1ccc2ccccc2c1. The fourth-order valence-electron chi connectivity index (χ4n) is 2.92. The van der Waals surface area contributed by atoms with Crippen LogP contribution >= 0.6 is 23.5 Å². The van der Waals surface area contributed by atoms with Gasteiger partial charge in [0, 0.05) is 6.42 Å². The minimum atomic E-state index is 0.234. The van der Waals surface area contributed by atoms with Crippen LogP contribution < -0.4 is 5.32 Å². The summed E-state index contributed by atoms with van der Waals surface area (Å²) in [7, 11) is 2.01. The van der Waals surface area contributed by atoms with Gasteiger partial charge in [-0.1, -0.05) is 48.4 Å². The van der Waals surface area contributed by atoms with Gasteiger partial charge in [-0.15, -0.1) is 29.4 Å². The second-order valence-corrected chi connectivity index (χ2v) is 9.03. The first-order valence-electron chi connectivity index (χ1n) is 8.72. The summed E-state index contributed by atoms with van der Waals surface area (Å²) in [4.78, 5) is 0. The standard InChI is InChI=1S/C21H25NS2/c1-22-20(9-4-5-10-21-23-13-6-14-24-21)16-17-11-12-18-7-2-3-8-19(18)15-17/h2-3,7-8,11-12,15,20-22H,5-6,10,13-14,16H2,1H3. The highest BCUT2D eigenvalue weighted by Crippen LogP contribution is 2.33. The average Bonchev–Trinajstić information content (AvgIpc) is 2.65. The Morgan fingerprint density at radius 1 is 1.12 bits per heavy atom. The van der Waals surface area contributed by atoms with E-state index in [0.717, 1.165) is 17.4 Å². The fraction of sp³-hybridized carbons (Fsp3) is 0.429. The van der Waals surface area contributed by atoms with Crippen LogP contribution in [0.25, 0.3) is 10.8 Å². The maximum atomic E-state index is 3.43. The molecule has 24 heavy (non-hydrogen) atoms. The van der Waals surface area contributed by atoms with E-state index in [1.165, 1.54) is 40.7 Å². The highest BCUT2D eigenvalue weighted by molar-refractivity contribution is 8.17. The molecule has 1 aliphatic heterocycles.